The number of carbonyl (C=O) groups excluding carboxylic acids is 2. The molecule has 4 N–H and O–H groups in total. The molecule has 2 saturated heterocycles. The molecule has 218 valence electrons. The van der Waals surface area contributed by atoms with Gasteiger partial charge in [-0.2, -0.15) is 0 Å². The van der Waals surface area contributed by atoms with Crippen LogP contribution in [0.5, 0.6) is 0 Å². The van der Waals surface area contributed by atoms with Gasteiger partial charge in [0.25, 0.3) is 11.8 Å². The van der Waals surface area contributed by atoms with Crippen LogP contribution in [0.15, 0.2) is 54.6 Å². The first-order valence-electron chi connectivity index (χ1n) is 13.2. The van der Waals surface area contributed by atoms with Crippen LogP contribution in [0, 0.1) is 5.82 Å². The number of halogens is 2. The van der Waals surface area contributed by atoms with E-state index in [2.05, 4.69) is 27.5 Å². The minimum absolute atomic E-state index is 0. The number of nitrogens with one attached hydrogen (secondary N) is 2. The van der Waals surface area contributed by atoms with Crippen molar-refractivity contribution in [3.05, 3.63) is 76.6 Å². The largest absolute Gasteiger partial charge is 0.398 e. The second kappa shape index (κ2) is 13.5. The van der Waals surface area contributed by atoms with Crippen molar-refractivity contribution in [2.24, 2.45) is 0 Å². The summed E-state index contributed by atoms with van der Waals surface area (Å²) >= 11 is 6.37. The average Bonchev–Trinajstić information content (AvgIpc) is 2.95. The molecule has 2 heterocycles. The van der Waals surface area contributed by atoms with Gasteiger partial charge in [-0.3, -0.25) is 9.59 Å². The molecule has 0 aromatic heterocycles. The Morgan fingerprint density at radius 2 is 1.56 bits per heavy atom. The van der Waals surface area contributed by atoms with E-state index in [0.717, 1.165) is 31.9 Å². The summed E-state index contributed by atoms with van der Waals surface area (Å²) in [6, 6.07) is 14.4. The standard InChI is InChI=1S/C29H32ClFN6O3.Fe/c1-35-6-8-36(9-7-35)22-3-5-26(32)24(18-22)29(39)34-27-14-19(2-4-25(27)30)28(38)33-21-15-20(31)16-23(17-21)37-10-12-40-13-11-37;/h2-5,14-18H,6-13,32H2,1H3,(H,33,38)(H,34,39);. The van der Waals surface area contributed by atoms with Crippen molar-refractivity contribution in [3.8, 4) is 0 Å². The van der Waals surface area contributed by atoms with Crippen molar-refractivity contribution in [3.63, 3.8) is 0 Å². The van der Waals surface area contributed by atoms with E-state index in [1.54, 1.807) is 18.2 Å². The molecule has 0 radical (unpaired) electrons. The summed E-state index contributed by atoms with van der Waals surface area (Å²) in [5, 5.41) is 5.80. The first-order chi connectivity index (χ1) is 19.3. The molecule has 5 rings (SSSR count). The molecule has 3 aromatic carbocycles. The Labute approximate surface area is 254 Å². The molecular formula is C29H32ClFFeN6O3. The summed E-state index contributed by atoms with van der Waals surface area (Å²) < 4.78 is 19.7. The Morgan fingerprint density at radius 1 is 0.854 bits per heavy atom. The van der Waals surface area contributed by atoms with Crippen molar-refractivity contribution >= 4 is 51.9 Å². The zero-order chi connectivity index (χ0) is 28.2. The van der Waals surface area contributed by atoms with E-state index in [0.29, 0.717) is 48.9 Å². The molecule has 41 heavy (non-hydrogen) atoms. The van der Waals surface area contributed by atoms with Crippen LogP contribution in [0.1, 0.15) is 20.7 Å². The molecule has 9 nitrogen and oxygen atoms in total. The molecule has 2 aliphatic heterocycles. The van der Waals surface area contributed by atoms with E-state index in [1.807, 2.05) is 11.0 Å². The van der Waals surface area contributed by atoms with Gasteiger partial charge in [-0.25, -0.2) is 4.39 Å². The van der Waals surface area contributed by atoms with Gasteiger partial charge < -0.3 is 35.8 Å². The van der Waals surface area contributed by atoms with Crippen LogP contribution in [-0.2, 0) is 21.8 Å². The summed E-state index contributed by atoms with van der Waals surface area (Å²) in [4.78, 5) is 32.8. The number of likely N-dealkylation sites (N-methyl/N-ethyl adjacent to an activating group) is 1. The predicted molar refractivity (Wildman–Crippen MR) is 157 cm³/mol. The molecule has 12 heteroatoms. The van der Waals surface area contributed by atoms with Crippen molar-refractivity contribution in [1.29, 1.82) is 0 Å². The first-order valence-corrected chi connectivity index (χ1v) is 13.5. The molecule has 0 atom stereocenters. The molecule has 0 spiro atoms. The zero-order valence-corrected chi connectivity index (χ0v) is 24.5. The number of rotatable bonds is 6. The number of morpholine rings is 1. The van der Waals surface area contributed by atoms with E-state index < -0.39 is 17.6 Å². The van der Waals surface area contributed by atoms with Crippen LogP contribution in [0.3, 0.4) is 0 Å². The van der Waals surface area contributed by atoms with E-state index >= 15 is 0 Å². The fourth-order valence-electron chi connectivity index (χ4n) is 4.81. The monoisotopic (exact) mass is 622 g/mol. The van der Waals surface area contributed by atoms with Gasteiger partial charge in [0.2, 0.25) is 0 Å². The van der Waals surface area contributed by atoms with E-state index in [1.165, 1.54) is 30.3 Å². The third kappa shape index (κ3) is 7.49. The normalized spacial score (nSPS) is 15.7. The van der Waals surface area contributed by atoms with Crippen LogP contribution in [0.4, 0.5) is 32.8 Å². The third-order valence-electron chi connectivity index (χ3n) is 7.14. The van der Waals surface area contributed by atoms with E-state index in [-0.39, 0.29) is 33.3 Å². The number of benzene rings is 3. The van der Waals surface area contributed by atoms with Gasteiger partial charge in [-0.15, -0.1) is 0 Å². The average molecular weight is 623 g/mol. The quantitative estimate of drug-likeness (QED) is 0.280. The Morgan fingerprint density at radius 3 is 2.29 bits per heavy atom. The molecule has 2 aliphatic rings. The van der Waals surface area contributed by atoms with Gasteiger partial charge in [0, 0.05) is 84.7 Å². The van der Waals surface area contributed by atoms with Gasteiger partial charge in [-0.05, 0) is 61.6 Å². The number of carbonyl (C=O) groups is 2. The maximum absolute atomic E-state index is 14.4. The van der Waals surface area contributed by atoms with Gasteiger partial charge in [0.05, 0.1) is 29.5 Å². The summed E-state index contributed by atoms with van der Waals surface area (Å²) in [6.07, 6.45) is 0. The number of hydrogen-bond donors (Lipinski definition) is 3. The van der Waals surface area contributed by atoms with Gasteiger partial charge >= 0.3 is 0 Å². The van der Waals surface area contributed by atoms with Gasteiger partial charge in [0.15, 0.2) is 0 Å². The molecule has 3 aromatic rings. The van der Waals surface area contributed by atoms with Crippen LogP contribution >= 0.6 is 11.6 Å². The van der Waals surface area contributed by atoms with Crippen molar-refractivity contribution in [2.45, 2.75) is 0 Å². The van der Waals surface area contributed by atoms with Gasteiger partial charge in [-0.1, -0.05) is 11.6 Å². The topological polar surface area (TPSA) is 103 Å². The summed E-state index contributed by atoms with van der Waals surface area (Å²) in [5.41, 5.74) is 9.21. The van der Waals surface area contributed by atoms with Crippen LogP contribution in [-0.4, -0.2) is 76.2 Å². The number of anilines is 5. The Balaban J connectivity index is 0.00000387. The smallest absolute Gasteiger partial charge is 0.257 e. The second-order valence-corrected chi connectivity index (χ2v) is 10.4. The maximum atomic E-state index is 14.4. The first kappa shape index (κ1) is 30.6. The fourth-order valence-corrected chi connectivity index (χ4v) is 4.97. The van der Waals surface area contributed by atoms with Crippen LogP contribution < -0.4 is 26.2 Å². The summed E-state index contributed by atoms with van der Waals surface area (Å²) in [6.45, 7) is 5.96. The Bertz CT molecular complexity index is 1410. The Kier molecular flexibility index (Phi) is 10.1. The number of nitrogen functional groups attached to an aromatic ring is 1. The predicted octanol–water partition coefficient (Wildman–Crippen LogP) is 4.15. The zero-order valence-electron chi connectivity index (χ0n) is 22.6. The molecule has 2 fully saturated rings. The number of piperazine rings is 1. The van der Waals surface area contributed by atoms with Crippen molar-refractivity contribution in [2.75, 3.05) is 85.7 Å². The minimum atomic E-state index is -0.470. The molecule has 0 bridgehead atoms. The second-order valence-electron chi connectivity index (χ2n) is 9.96. The van der Waals surface area contributed by atoms with Crippen molar-refractivity contribution in [1.82, 2.24) is 4.90 Å². The number of nitrogens with two attached hydrogens (primary N) is 1. The molecular weight excluding hydrogens is 591 g/mol. The Hall–Kier alpha value is -3.34. The maximum Gasteiger partial charge on any atom is 0.257 e. The third-order valence-corrected chi connectivity index (χ3v) is 7.47. The molecule has 0 aliphatic carbocycles. The number of nitrogens with zero attached hydrogens (tertiary/aromatic N) is 3. The molecule has 0 unspecified atom stereocenters. The molecule has 2 amide bonds. The van der Waals surface area contributed by atoms with E-state index in [9.17, 15) is 14.0 Å². The van der Waals surface area contributed by atoms with Crippen LogP contribution in [0.25, 0.3) is 0 Å². The fraction of sp³-hybridized carbons (Fsp3) is 0.310. The SMILES string of the molecule is CN1CCN(c2ccc(N)c(C(=O)Nc3cc(C(=O)Nc4cc(F)cc(N5CCOCC5)c4)ccc3Cl)c2)CC1.[Fe]. The number of ether oxygens (including phenoxy) is 1. The number of amides is 2. The van der Waals surface area contributed by atoms with Crippen LogP contribution in [0.2, 0.25) is 5.02 Å². The van der Waals surface area contributed by atoms with Crippen molar-refractivity contribution < 1.29 is 35.8 Å². The van der Waals surface area contributed by atoms with E-state index in [4.69, 9.17) is 22.1 Å². The number of hydrogen-bond acceptors (Lipinski definition) is 7. The summed E-state index contributed by atoms with van der Waals surface area (Å²) in [7, 11) is 2.08. The summed E-state index contributed by atoms with van der Waals surface area (Å²) in [5.74, 6) is -1.37. The minimum Gasteiger partial charge on any atom is -0.398 e. The van der Waals surface area contributed by atoms with Gasteiger partial charge in [0.1, 0.15) is 5.82 Å². The molecule has 0 saturated carbocycles.